The van der Waals surface area contributed by atoms with Crippen molar-refractivity contribution in [1.82, 2.24) is 0 Å². The number of fused-ring (bicyclic) bond motifs is 5. The lowest BCUT2D eigenvalue weighted by atomic mass is 9.71. The van der Waals surface area contributed by atoms with Crippen LogP contribution in [0.2, 0.25) is 0 Å². The van der Waals surface area contributed by atoms with Gasteiger partial charge in [-0.3, -0.25) is 0 Å². The Bertz CT molecular complexity index is 479. The van der Waals surface area contributed by atoms with E-state index in [0.717, 1.165) is 37.0 Å². The van der Waals surface area contributed by atoms with Crippen LogP contribution in [0.5, 0.6) is 0 Å². The minimum absolute atomic E-state index is 0.369. The summed E-state index contributed by atoms with van der Waals surface area (Å²) < 4.78 is 0. The van der Waals surface area contributed by atoms with E-state index in [9.17, 15) is 5.11 Å². The molecular formula is C17H24OS. The zero-order chi connectivity index (χ0) is 13.0. The maximum absolute atomic E-state index is 11.2. The quantitative estimate of drug-likeness (QED) is 0.883. The molecule has 0 amide bonds. The average molecular weight is 276 g/mol. The predicted molar refractivity (Wildman–Crippen MR) is 79.4 cm³/mol. The molecule has 1 nitrogen and oxygen atoms in total. The molecule has 0 radical (unpaired) electrons. The molecular weight excluding hydrogens is 252 g/mol. The maximum atomic E-state index is 11.2. The molecule has 3 aliphatic carbocycles. The molecule has 0 spiro atoms. The van der Waals surface area contributed by atoms with Crippen LogP contribution in [0.25, 0.3) is 0 Å². The molecule has 3 saturated carbocycles. The lowest BCUT2D eigenvalue weighted by Crippen LogP contribution is -2.43. The molecule has 0 saturated heterocycles. The van der Waals surface area contributed by atoms with Crippen LogP contribution in [-0.4, -0.2) is 10.7 Å². The third kappa shape index (κ3) is 1.83. The van der Waals surface area contributed by atoms with Gasteiger partial charge in [-0.2, -0.15) is 0 Å². The first-order valence-corrected chi connectivity index (χ1v) is 8.81. The van der Waals surface area contributed by atoms with Crippen LogP contribution >= 0.6 is 11.3 Å². The van der Waals surface area contributed by atoms with E-state index in [0.29, 0.717) is 5.92 Å². The van der Waals surface area contributed by atoms with E-state index < -0.39 is 0 Å². The Morgan fingerprint density at radius 2 is 2.05 bits per heavy atom. The second-order valence-corrected chi connectivity index (χ2v) is 8.32. The van der Waals surface area contributed by atoms with E-state index in [1.807, 2.05) is 11.3 Å². The van der Waals surface area contributed by atoms with Crippen LogP contribution in [0.3, 0.4) is 0 Å². The van der Waals surface area contributed by atoms with Crippen molar-refractivity contribution in [2.24, 2.45) is 23.7 Å². The van der Waals surface area contributed by atoms with Gasteiger partial charge in [0, 0.05) is 16.2 Å². The maximum Gasteiger partial charge on any atom is 0.0729 e. The smallest absolute Gasteiger partial charge is 0.0729 e. The van der Waals surface area contributed by atoms with Crippen LogP contribution in [0.1, 0.15) is 48.8 Å². The fourth-order valence-corrected chi connectivity index (χ4v) is 6.52. The van der Waals surface area contributed by atoms with Gasteiger partial charge in [-0.15, -0.1) is 11.3 Å². The van der Waals surface area contributed by atoms with Gasteiger partial charge in [0.2, 0.25) is 0 Å². The number of hydrogen-bond donors (Lipinski definition) is 1. The van der Waals surface area contributed by atoms with E-state index in [4.69, 9.17) is 0 Å². The fraction of sp³-hybridized carbons (Fsp3) is 0.765. The SMILES string of the molecule is CCc1ccc(CC2(O)CC3CC2C2CCCC32)s1. The second-order valence-electron chi connectivity index (χ2n) is 7.07. The minimum Gasteiger partial charge on any atom is -0.389 e. The van der Waals surface area contributed by atoms with Gasteiger partial charge in [0.15, 0.2) is 0 Å². The van der Waals surface area contributed by atoms with Crippen molar-refractivity contribution in [3.8, 4) is 0 Å². The fourth-order valence-electron chi connectivity index (χ4n) is 5.45. The molecule has 5 atom stereocenters. The summed E-state index contributed by atoms with van der Waals surface area (Å²) in [6.45, 7) is 2.21. The highest BCUT2D eigenvalue weighted by atomic mass is 32.1. The van der Waals surface area contributed by atoms with E-state index in [1.54, 1.807) is 0 Å². The molecule has 2 heteroatoms. The number of aryl methyl sites for hydroxylation is 1. The minimum atomic E-state index is -0.369. The normalized spacial score (nSPS) is 43.9. The Morgan fingerprint density at radius 3 is 2.84 bits per heavy atom. The van der Waals surface area contributed by atoms with Crippen molar-refractivity contribution in [3.05, 3.63) is 21.9 Å². The van der Waals surface area contributed by atoms with Crippen LogP contribution in [-0.2, 0) is 12.8 Å². The van der Waals surface area contributed by atoms with Crippen LogP contribution < -0.4 is 0 Å². The third-order valence-corrected chi connectivity index (χ3v) is 7.39. The monoisotopic (exact) mass is 276 g/mol. The van der Waals surface area contributed by atoms with Gasteiger partial charge in [0.25, 0.3) is 0 Å². The van der Waals surface area contributed by atoms with Crippen LogP contribution in [0.15, 0.2) is 12.1 Å². The molecule has 1 aromatic heterocycles. The molecule has 3 aliphatic rings. The molecule has 0 aliphatic heterocycles. The van der Waals surface area contributed by atoms with Crippen molar-refractivity contribution in [2.45, 2.75) is 57.5 Å². The number of thiophene rings is 1. The summed E-state index contributed by atoms with van der Waals surface area (Å²) in [5, 5.41) is 11.2. The highest BCUT2D eigenvalue weighted by Crippen LogP contribution is 2.63. The van der Waals surface area contributed by atoms with Gasteiger partial charge < -0.3 is 5.11 Å². The molecule has 0 aromatic carbocycles. The van der Waals surface area contributed by atoms with Gasteiger partial charge in [0.1, 0.15) is 0 Å². The van der Waals surface area contributed by atoms with Crippen molar-refractivity contribution in [2.75, 3.05) is 0 Å². The topological polar surface area (TPSA) is 20.2 Å². The summed E-state index contributed by atoms with van der Waals surface area (Å²) in [4.78, 5) is 2.86. The van der Waals surface area contributed by atoms with Gasteiger partial charge in [-0.25, -0.2) is 0 Å². The van der Waals surface area contributed by atoms with Gasteiger partial charge >= 0.3 is 0 Å². The molecule has 3 fully saturated rings. The van der Waals surface area contributed by atoms with Gasteiger partial charge in [0.05, 0.1) is 5.60 Å². The Hall–Kier alpha value is -0.340. The summed E-state index contributed by atoms with van der Waals surface area (Å²) in [7, 11) is 0. The number of aliphatic hydroxyl groups is 1. The molecule has 2 bridgehead atoms. The summed E-state index contributed by atoms with van der Waals surface area (Å²) in [6.07, 6.45) is 8.69. The highest BCUT2D eigenvalue weighted by molar-refractivity contribution is 7.12. The number of rotatable bonds is 3. The molecule has 5 unspecified atom stereocenters. The van der Waals surface area contributed by atoms with E-state index >= 15 is 0 Å². The largest absolute Gasteiger partial charge is 0.389 e. The molecule has 104 valence electrons. The molecule has 4 rings (SSSR count). The van der Waals surface area contributed by atoms with Crippen molar-refractivity contribution < 1.29 is 5.11 Å². The lowest BCUT2D eigenvalue weighted by Gasteiger charge is -2.39. The van der Waals surface area contributed by atoms with Gasteiger partial charge in [-0.1, -0.05) is 13.3 Å². The Morgan fingerprint density at radius 1 is 1.26 bits per heavy atom. The van der Waals surface area contributed by atoms with E-state index in [2.05, 4.69) is 19.1 Å². The first kappa shape index (κ1) is 12.4. The van der Waals surface area contributed by atoms with Crippen LogP contribution in [0, 0.1) is 23.7 Å². The van der Waals surface area contributed by atoms with Crippen molar-refractivity contribution in [1.29, 1.82) is 0 Å². The molecule has 1 aromatic rings. The van der Waals surface area contributed by atoms with Crippen LogP contribution in [0.4, 0.5) is 0 Å². The van der Waals surface area contributed by atoms with Gasteiger partial charge in [-0.05, 0) is 67.9 Å². The third-order valence-electron chi connectivity index (χ3n) is 6.16. The highest BCUT2D eigenvalue weighted by Gasteiger charge is 2.60. The predicted octanol–water partition coefficient (Wildman–Crippen LogP) is 4.04. The molecule has 19 heavy (non-hydrogen) atoms. The van der Waals surface area contributed by atoms with E-state index in [-0.39, 0.29) is 5.60 Å². The standard InChI is InChI=1S/C17H24OS/c1-2-12-6-7-13(19-12)10-17(18)9-11-8-16(17)15-5-3-4-14(11)15/h6-7,11,14-16,18H,2-5,8-10H2,1H3. The first-order valence-electron chi connectivity index (χ1n) is 7.99. The zero-order valence-electron chi connectivity index (χ0n) is 11.8. The van der Waals surface area contributed by atoms with Crippen molar-refractivity contribution >= 4 is 11.3 Å². The van der Waals surface area contributed by atoms with E-state index in [1.165, 1.54) is 35.4 Å². The Kier molecular flexibility index (Phi) is 2.82. The first-order chi connectivity index (χ1) is 9.19. The average Bonchev–Trinajstić information content (AvgIpc) is 3.08. The Balaban J connectivity index is 1.55. The van der Waals surface area contributed by atoms with Crippen molar-refractivity contribution in [3.63, 3.8) is 0 Å². The second kappa shape index (κ2) is 4.33. The summed E-state index contributed by atoms with van der Waals surface area (Å²) in [6, 6.07) is 4.49. The summed E-state index contributed by atoms with van der Waals surface area (Å²) >= 11 is 1.91. The number of hydrogen-bond acceptors (Lipinski definition) is 2. The zero-order valence-corrected chi connectivity index (χ0v) is 12.6. The summed E-state index contributed by atoms with van der Waals surface area (Å²) in [5.41, 5.74) is -0.369. The summed E-state index contributed by atoms with van der Waals surface area (Å²) in [5.74, 6) is 3.28. The lowest BCUT2D eigenvalue weighted by molar-refractivity contribution is -0.0444. The molecule has 1 heterocycles. The molecule has 1 N–H and O–H groups in total. The Labute approximate surface area is 120 Å².